The molecule has 1 saturated heterocycles. The first-order valence-electron chi connectivity index (χ1n) is 8.98. The van der Waals surface area contributed by atoms with Gasteiger partial charge in [-0.3, -0.25) is 9.69 Å². The third-order valence-electron chi connectivity index (χ3n) is 4.87. The minimum absolute atomic E-state index is 0.0994. The summed E-state index contributed by atoms with van der Waals surface area (Å²) in [6.07, 6.45) is 0. The lowest BCUT2D eigenvalue weighted by Gasteiger charge is -2.38. The van der Waals surface area contributed by atoms with E-state index in [0.717, 1.165) is 42.1 Å². The Labute approximate surface area is 164 Å². The summed E-state index contributed by atoms with van der Waals surface area (Å²) in [5, 5.41) is 2.80. The molecule has 0 aliphatic carbocycles. The van der Waals surface area contributed by atoms with E-state index in [0.29, 0.717) is 6.61 Å². The zero-order valence-corrected chi connectivity index (χ0v) is 16.6. The number of amides is 1. The number of benzene rings is 2. The molecule has 1 fully saturated rings. The molecular formula is C21H24ClFN2O2. The Hall–Kier alpha value is -2.11. The molecule has 2 aromatic carbocycles. The van der Waals surface area contributed by atoms with E-state index in [4.69, 9.17) is 16.3 Å². The molecule has 0 spiro atoms. The van der Waals surface area contributed by atoms with Gasteiger partial charge in [-0.25, -0.2) is 4.39 Å². The SMILES string of the molecule is CNC(=O)C1CN(Cc2cc(C)c(OCc3ccc(F)c(Cl)c3)c(C)c2)C1. The largest absolute Gasteiger partial charge is 0.488 e. The first-order valence-corrected chi connectivity index (χ1v) is 9.36. The van der Waals surface area contributed by atoms with Crippen LogP contribution in [-0.4, -0.2) is 30.9 Å². The van der Waals surface area contributed by atoms with E-state index in [1.165, 1.54) is 11.6 Å². The molecule has 0 saturated carbocycles. The highest BCUT2D eigenvalue weighted by molar-refractivity contribution is 6.30. The summed E-state index contributed by atoms with van der Waals surface area (Å²) in [5.74, 6) is 0.624. The van der Waals surface area contributed by atoms with Gasteiger partial charge in [0.25, 0.3) is 0 Å². The number of ether oxygens (including phenoxy) is 1. The van der Waals surface area contributed by atoms with E-state index in [9.17, 15) is 9.18 Å². The van der Waals surface area contributed by atoms with E-state index in [1.54, 1.807) is 19.2 Å². The van der Waals surface area contributed by atoms with Gasteiger partial charge in [-0.1, -0.05) is 29.8 Å². The van der Waals surface area contributed by atoms with Crippen molar-refractivity contribution in [3.8, 4) is 5.75 Å². The van der Waals surface area contributed by atoms with Gasteiger partial charge in [-0.15, -0.1) is 0 Å². The maximum Gasteiger partial charge on any atom is 0.225 e. The molecule has 144 valence electrons. The average Bonchev–Trinajstić information content (AvgIpc) is 2.59. The summed E-state index contributed by atoms with van der Waals surface area (Å²) < 4.78 is 19.2. The van der Waals surface area contributed by atoms with Gasteiger partial charge in [-0.05, 0) is 48.2 Å². The van der Waals surface area contributed by atoms with Crippen LogP contribution in [0.25, 0.3) is 0 Å². The second-order valence-corrected chi connectivity index (χ2v) is 7.51. The molecule has 1 aliphatic rings. The van der Waals surface area contributed by atoms with Crippen molar-refractivity contribution in [1.82, 2.24) is 10.2 Å². The van der Waals surface area contributed by atoms with E-state index < -0.39 is 5.82 Å². The number of nitrogens with zero attached hydrogens (tertiary/aromatic N) is 1. The number of likely N-dealkylation sites (tertiary alicyclic amines) is 1. The van der Waals surface area contributed by atoms with Crippen LogP contribution in [0.15, 0.2) is 30.3 Å². The molecule has 27 heavy (non-hydrogen) atoms. The molecule has 1 N–H and O–H groups in total. The normalized spacial score (nSPS) is 14.7. The number of aryl methyl sites for hydroxylation is 2. The van der Waals surface area contributed by atoms with Gasteiger partial charge in [0.1, 0.15) is 18.2 Å². The Bertz CT molecular complexity index is 827. The molecule has 1 aliphatic heterocycles. The molecule has 1 amide bonds. The molecule has 6 heteroatoms. The summed E-state index contributed by atoms with van der Waals surface area (Å²) >= 11 is 5.83. The molecule has 3 rings (SSSR count). The van der Waals surface area contributed by atoms with Crippen LogP contribution < -0.4 is 10.1 Å². The van der Waals surface area contributed by atoms with Crippen LogP contribution in [0.5, 0.6) is 5.75 Å². The van der Waals surface area contributed by atoms with Crippen molar-refractivity contribution >= 4 is 17.5 Å². The molecule has 1 heterocycles. The monoisotopic (exact) mass is 390 g/mol. The molecule has 0 atom stereocenters. The number of hydrogen-bond donors (Lipinski definition) is 1. The fraction of sp³-hybridized carbons (Fsp3) is 0.381. The van der Waals surface area contributed by atoms with Gasteiger partial charge in [0.05, 0.1) is 10.9 Å². The van der Waals surface area contributed by atoms with Crippen molar-refractivity contribution in [2.75, 3.05) is 20.1 Å². The van der Waals surface area contributed by atoms with Crippen LogP contribution in [0, 0.1) is 25.6 Å². The van der Waals surface area contributed by atoms with E-state index in [1.807, 2.05) is 13.8 Å². The van der Waals surface area contributed by atoms with Gasteiger partial charge in [0.15, 0.2) is 0 Å². The predicted octanol–water partition coefficient (Wildman–Crippen LogP) is 3.85. The van der Waals surface area contributed by atoms with Gasteiger partial charge >= 0.3 is 0 Å². The third kappa shape index (κ3) is 4.60. The number of carbonyl (C=O) groups excluding carboxylic acids is 1. The van der Waals surface area contributed by atoms with Crippen LogP contribution in [0.2, 0.25) is 5.02 Å². The minimum atomic E-state index is -0.429. The van der Waals surface area contributed by atoms with Gasteiger partial charge < -0.3 is 10.1 Å². The summed E-state index contributed by atoms with van der Waals surface area (Å²) in [6.45, 7) is 6.78. The lowest BCUT2D eigenvalue weighted by molar-refractivity contribution is -0.129. The van der Waals surface area contributed by atoms with Gasteiger partial charge in [0.2, 0.25) is 5.91 Å². The lowest BCUT2D eigenvalue weighted by atomic mass is 9.97. The molecule has 2 aromatic rings. The summed E-state index contributed by atoms with van der Waals surface area (Å²) in [6, 6.07) is 8.85. The summed E-state index contributed by atoms with van der Waals surface area (Å²) in [7, 11) is 1.68. The van der Waals surface area contributed by atoms with Gasteiger partial charge in [0, 0.05) is 26.7 Å². The minimum Gasteiger partial charge on any atom is -0.488 e. The quantitative estimate of drug-likeness (QED) is 0.814. The third-order valence-corrected chi connectivity index (χ3v) is 5.16. The van der Waals surface area contributed by atoms with Crippen molar-refractivity contribution in [2.45, 2.75) is 27.0 Å². The van der Waals surface area contributed by atoms with Crippen molar-refractivity contribution in [2.24, 2.45) is 5.92 Å². The highest BCUT2D eigenvalue weighted by atomic mass is 35.5. The first-order chi connectivity index (χ1) is 12.9. The van der Waals surface area contributed by atoms with Crippen LogP contribution in [-0.2, 0) is 17.9 Å². The molecule has 4 nitrogen and oxygen atoms in total. The second kappa shape index (κ2) is 8.28. The molecule has 0 radical (unpaired) electrons. The van der Waals surface area contributed by atoms with Gasteiger partial charge in [-0.2, -0.15) is 0 Å². The first kappa shape index (κ1) is 19.6. The number of hydrogen-bond acceptors (Lipinski definition) is 3. The number of nitrogens with one attached hydrogen (secondary N) is 1. The Morgan fingerprint density at radius 1 is 1.22 bits per heavy atom. The zero-order valence-electron chi connectivity index (χ0n) is 15.8. The summed E-state index contributed by atoms with van der Waals surface area (Å²) in [5.41, 5.74) is 4.14. The molecule has 0 aromatic heterocycles. The highest BCUT2D eigenvalue weighted by Gasteiger charge is 2.31. The standard InChI is InChI=1S/C21H24ClFN2O2/c1-13-6-16(9-25-10-17(11-25)21(26)24-3)7-14(2)20(13)27-12-15-4-5-19(23)18(22)8-15/h4-8,17H,9-12H2,1-3H3,(H,24,26). The Morgan fingerprint density at radius 3 is 2.48 bits per heavy atom. The maximum absolute atomic E-state index is 13.3. The molecular weight excluding hydrogens is 367 g/mol. The van der Waals surface area contributed by atoms with Crippen LogP contribution in [0.1, 0.15) is 22.3 Å². The number of halogens is 2. The van der Waals surface area contributed by atoms with Crippen molar-refractivity contribution in [1.29, 1.82) is 0 Å². The summed E-state index contributed by atoms with van der Waals surface area (Å²) in [4.78, 5) is 13.8. The Kier molecular flexibility index (Phi) is 6.02. The van der Waals surface area contributed by atoms with E-state index >= 15 is 0 Å². The molecule has 0 unspecified atom stereocenters. The fourth-order valence-corrected chi connectivity index (χ4v) is 3.67. The molecule has 0 bridgehead atoms. The van der Waals surface area contributed by atoms with Crippen LogP contribution in [0.3, 0.4) is 0 Å². The maximum atomic E-state index is 13.3. The number of rotatable bonds is 6. The Balaban J connectivity index is 1.61. The topological polar surface area (TPSA) is 41.6 Å². The predicted molar refractivity (Wildman–Crippen MR) is 104 cm³/mol. The lowest BCUT2D eigenvalue weighted by Crippen LogP contribution is -2.52. The van der Waals surface area contributed by atoms with E-state index in [-0.39, 0.29) is 16.8 Å². The van der Waals surface area contributed by atoms with E-state index in [2.05, 4.69) is 22.3 Å². The number of carbonyl (C=O) groups is 1. The average molecular weight is 391 g/mol. The highest BCUT2D eigenvalue weighted by Crippen LogP contribution is 2.28. The van der Waals surface area contributed by atoms with Crippen molar-refractivity contribution < 1.29 is 13.9 Å². The zero-order chi connectivity index (χ0) is 19.6. The van der Waals surface area contributed by atoms with Crippen LogP contribution in [0.4, 0.5) is 4.39 Å². The Morgan fingerprint density at radius 2 is 1.89 bits per heavy atom. The smallest absolute Gasteiger partial charge is 0.225 e. The van der Waals surface area contributed by atoms with Crippen molar-refractivity contribution in [3.05, 3.63) is 63.4 Å². The fourth-order valence-electron chi connectivity index (χ4n) is 3.47. The van der Waals surface area contributed by atoms with Crippen LogP contribution >= 0.6 is 11.6 Å². The van der Waals surface area contributed by atoms with Crippen molar-refractivity contribution in [3.63, 3.8) is 0 Å². The second-order valence-electron chi connectivity index (χ2n) is 7.10.